The molecule has 39 heavy (non-hydrogen) atoms. The van der Waals surface area contributed by atoms with Crippen molar-refractivity contribution in [3.63, 3.8) is 0 Å². The van der Waals surface area contributed by atoms with E-state index in [-0.39, 0.29) is 37.8 Å². The highest BCUT2D eigenvalue weighted by Crippen LogP contribution is 2.34. The van der Waals surface area contributed by atoms with Crippen LogP contribution >= 0.6 is 0 Å². The lowest BCUT2D eigenvalue weighted by atomic mass is 9.86. The molecular formula is C29H37F2N3O5. The molecule has 1 aliphatic rings. The number of carbonyl (C=O) groups excluding carboxylic acids is 3. The smallest absolute Gasteiger partial charge is 0.315 e. The van der Waals surface area contributed by atoms with Crippen LogP contribution in [0.25, 0.3) is 0 Å². The second kappa shape index (κ2) is 13.1. The van der Waals surface area contributed by atoms with Crippen LogP contribution in [0.3, 0.4) is 0 Å². The summed E-state index contributed by atoms with van der Waals surface area (Å²) in [7, 11) is 1.23. The quantitative estimate of drug-likeness (QED) is 0.296. The van der Waals surface area contributed by atoms with Crippen molar-refractivity contribution in [2.24, 2.45) is 0 Å². The minimum absolute atomic E-state index is 0.0106. The maximum absolute atomic E-state index is 13.8. The lowest BCUT2D eigenvalue weighted by Crippen LogP contribution is -2.53. The van der Waals surface area contributed by atoms with Gasteiger partial charge < -0.3 is 25.4 Å². The maximum Gasteiger partial charge on any atom is 0.315 e. The molecule has 0 aliphatic carbocycles. The van der Waals surface area contributed by atoms with E-state index in [0.29, 0.717) is 18.5 Å². The molecular weight excluding hydrogens is 508 g/mol. The topological polar surface area (TPSA) is 108 Å². The van der Waals surface area contributed by atoms with Crippen molar-refractivity contribution in [1.82, 2.24) is 15.5 Å². The van der Waals surface area contributed by atoms with Gasteiger partial charge in [-0.15, -0.1) is 0 Å². The molecule has 2 amide bonds. The molecule has 2 aromatic rings. The fourth-order valence-corrected chi connectivity index (χ4v) is 4.98. The molecule has 0 spiro atoms. The molecule has 0 aromatic heterocycles. The summed E-state index contributed by atoms with van der Waals surface area (Å²) in [6.07, 6.45) is -0.953. The van der Waals surface area contributed by atoms with E-state index in [0.717, 1.165) is 17.2 Å². The largest absolute Gasteiger partial charge is 0.469 e. The third-order valence-electron chi connectivity index (χ3n) is 7.13. The number of halogens is 2. The first-order chi connectivity index (χ1) is 18.4. The summed E-state index contributed by atoms with van der Waals surface area (Å²) in [4.78, 5) is 38.0. The molecule has 212 valence electrons. The Kier molecular flexibility index (Phi) is 10.2. The average molecular weight is 546 g/mol. The van der Waals surface area contributed by atoms with E-state index >= 15 is 0 Å². The monoisotopic (exact) mass is 545 g/mol. The van der Waals surface area contributed by atoms with Gasteiger partial charge in [0.2, 0.25) is 11.8 Å². The van der Waals surface area contributed by atoms with Crippen LogP contribution in [-0.2, 0) is 31.1 Å². The second-order valence-corrected chi connectivity index (χ2v) is 10.4. The normalized spacial score (nSPS) is 18.6. The summed E-state index contributed by atoms with van der Waals surface area (Å²) in [6.45, 7) is 6.14. The zero-order valence-electron chi connectivity index (χ0n) is 22.8. The van der Waals surface area contributed by atoms with E-state index in [1.165, 1.54) is 26.2 Å². The summed E-state index contributed by atoms with van der Waals surface area (Å²) >= 11 is 0. The number of nitrogens with one attached hydrogen (secondary N) is 2. The molecule has 8 nitrogen and oxygen atoms in total. The Bertz CT molecular complexity index is 1170. The Hall–Kier alpha value is -3.37. The molecule has 1 fully saturated rings. The van der Waals surface area contributed by atoms with Gasteiger partial charge >= 0.3 is 5.97 Å². The highest BCUT2D eigenvalue weighted by atomic mass is 19.1. The van der Waals surface area contributed by atoms with Crippen LogP contribution in [0.1, 0.15) is 56.2 Å². The predicted molar refractivity (Wildman–Crippen MR) is 142 cm³/mol. The summed E-state index contributed by atoms with van der Waals surface area (Å²) in [5, 5.41) is 17.3. The number of benzene rings is 2. The molecule has 1 heterocycles. The highest BCUT2D eigenvalue weighted by Gasteiger charge is 2.42. The van der Waals surface area contributed by atoms with E-state index in [1.54, 1.807) is 4.90 Å². The van der Waals surface area contributed by atoms with Crippen molar-refractivity contribution < 1.29 is 33.0 Å². The van der Waals surface area contributed by atoms with Crippen LogP contribution in [-0.4, -0.2) is 66.7 Å². The number of carbonyl (C=O) groups is 3. The molecule has 3 rings (SSSR count). The van der Waals surface area contributed by atoms with Gasteiger partial charge in [0, 0.05) is 32.6 Å². The molecule has 0 bridgehead atoms. The lowest BCUT2D eigenvalue weighted by Gasteiger charge is -2.34. The molecule has 2 aromatic carbocycles. The Labute approximate surface area is 227 Å². The van der Waals surface area contributed by atoms with Crippen molar-refractivity contribution in [1.29, 1.82) is 0 Å². The average Bonchev–Trinajstić information content (AvgIpc) is 3.32. The van der Waals surface area contributed by atoms with Gasteiger partial charge in [-0.25, -0.2) is 8.78 Å². The van der Waals surface area contributed by atoms with Crippen molar-refractivity contribution in [2.75, 3.05) is 26.7 Å². The fourth-order valence-electron chi connectivity index (χ4n) is 4.98. The highest BCUT2D eigenvalue weighted by molar-refractivity contribution is 5.94. The predicted octanol–water partition coefficient (Wildman–Crippen LogP) is 2.78. The Balaban J connectivity index is 1.85. The van der Waals surface area contributed by atoms with Crippen molar-refractivity contribution >= 4 is 17.8 Å². The van der Waals surface area contributed by atoms with Crippen LogP contribution in [0.4, 0.5) is 8.78 Å². The van der Waals surface area contributed by atoms with E-state index in [4.69, 9.17) is 0 Å². The number of aliphatic hydroxyl groups is 1. The van der Waals surface area contributed by atoms with E-state index in [1.807, 2.05) is 18.2 Å². The van der Waals surface area contributed by atoms with Crippen LogP contribution < -0.4 is 10.6 Å². The van der Waals surface area contributed by atoms with Gasteiger partial charge in [-0.2, -0.15) is 0 Å². The van der Waals surface area contributed by atoms with Crippen molar-refractivity contribution in [3.8, 4) is 0 Å². The van der Waals surface area contributed by atoms with E-state index in [9.17, 15) is 28.3 Å². The number of nitrogens with zero attached hydrogens (tertiary/aromatic N) is 1. The van der Waals surface area contributed by atoms with Crippen molar-refractivity contribution in [2.45, 2.75) is 63.6 Å². The van der Waals surface area contributed by atoms with Gasteiger partial charge in [0.05, 0.1) is 24.8 Å². The minimum Gasteiger partial charge on any atom is -0.469 e. The van der Waals surface area contributed by atoms with Crippen molar-refractivity contribution in [3.05, 3.63) is 70.8 Å². The standard InChI is InChI=1S/C29H37F2N3O5/c1-18(2)21-6-5-7-22(13-21)29(8-9-34(17-29)27(37)15-28(38)39-4)32-16-26(36)25(33-19(3)35)12-20-10-23(30)14-24(31)11-20/h5-7,10-11,13-14,18,25-26,32,36H,8-9,12,15-17H2,1-4H3,(H,33,35)/t25?,26-,29-/m0/s1. The molecule has 0 radical (unpaired) electrons. The molecule has 1 unspecified atom stereocenters. The number of likely N-dealkylation sites (tertiary alicyclic amines) is 1. The van der Waals surface area contributed by atoms with E-state index in [2.05, 4.69) is 35.3 Å². The molecule has 1 saturated heterocycles. The first kappa shape index (κ1) is 30.2. The summed E-state index contributed by atoms with van der Waals surface area (Å²) in [5.74, 6) is -2.58. The van der Waals surface area contributed by atoms with Crippen LogP contribution in [0.15, 0.2) is 42.5 Å². The molecule has 3 atom stereocenters. The number of ether oxygens (including phenoxy) is 1. The van der Waals surface area contributed by atoms with Gasteiger partial charge in [0.1, 0.15) is 18.1 Å². The third kappa shape index (κ3) is 8.06. The summed E-state index contributed by atoms with van der Waals surface area (Å²) in [6, 6.07) is 10.3. The van der Waals surface area contributed by atoms with Crippen LogP contribution in [0.5, 0.6) is 0 Å². The molecule has 3 N–H and O–H groups in total. The fraction of sp³-hybridized carbons (Fsp3) is 0.483. The number of amides is 2. The summed E-state index contributed by atoms with van der Waals surface area (Å²) in [5.41, 5.74) is 1.60. The van der Waals surface area contributed by atoms with Gasteiger partial charge in [-0.1, -0.05) is 38.1 Å². The second-order valence-electron chi connectivity index (χ2n) is 10.4. The maximum atomic E-state index is 13.8. The molecule has 0 saturated carbocycles. The number of aliphatic hydroxyl groups excluding tert-OH is 1. The third-order valence-corrected chi connectivity index (χ3v) is 7.13. The van der Waals surface area contributed by atoms with Gasteiger partial charge in [0.15, 0.2) is 0 Å². The van der Waals surface area contributed by atoms with Crippen LogP contribution in [0.2, 0.25) is 0 Å². The van der Waals surface area contributed by atoms with Gasteiger partial charge in [-0.05, 0) is 47.6 Å². The van der Waals surface area contributed by atoms with Gasteiger partial charge in [0.25, 0.3) is 0 Å². The number of hydrogen-bond acceptors (Lipinski definition) is 6. The Morgan fingerprint density at radius 3 is 2.44 bits per heavy atom. The lowest BCUT2D eigenvalue weighted by molar-refractivity contribution is -0.146. The number of rotatable bonds is 11. The number of esters is 1. The van der Waals surface area contributed by atoms with E-state index < -0.39 is 41.2 Å². The Morgan fingerprint density at radius 2 is 1.82 bits per heavy atom. The zero-order chi connectivity index (χ0) is 28.7. The molecule has 1 aliphatic heterocycles. The number of methoxy groups -OCH3 is 1. The first-order valence-corrected chi connectivity index (χ1v) is 13.0. The SMILES string of the molecule is COC(=O)CC(=O)N1CC[C@@](NC[C@H](O)C(Cc2cc(F)cc(F)c2)NC(C)=O)(c2cccc(C(C)C)c2)C1. The summed E-state index contributed by atoms with van der Waals surface area (Å²) < 4.78 is 32.2. The molecule has 10 heteroatoms. The van der Waals surface area contributed by atoms with Crippen LogP contribution in [0, 0.1) is 11.6 Å². The first-order valence-electron chi connectivity index (χ1n) is 13.0. The number of hydrogen-bond donors (Lipinski definition) is 3. The zero-order valence-corrected chi connectivity index (χ0v) is 22.8. The Morgan fingerprint density at radius 1 is 1.13 bits per heavy atom. The minimum atomic E-state index is -1.12. The van der Waals surface area contributed by atoms with Gasteiger partial charge in [-0.3, -0.25) is 14.4 Å².